The molecule has 3 aromatic rings. The Hall–Kier alpha value is -2.99. The molecule has 0 spiro atoms. The van der Waals surface area contributed by atoms with Crippen LogP contribution in [0, 0.1) is 11.3 Å². The number of Topliss-reactive ketones (excluding diaryl/α,β-unsaturated/α-hetero) is 1. The summed E-state index contributed by atoms with van der Waals surface area (Å²) < 4.78 is 18.5. The van der Waals surface area contributed by atoms with Crippen LogP contribution in [-0.2, 0) is 20.6 Å². The van der Waals surface area contributed by atoms with Crippen molar-refractivity contribution in [3.8, 4) is 5.75 Å². The fourth-order valence-corrected chi connectivity index (χ4v) is 9.99. The Kier molecular flexibility index (Phi) is 10.7. The van der Waals surface area contributed by atoms with Gasteiger partial charge in [-0.15, -0.1) is 6.58 Å². The molecule has 0 unspecified atom stereocenters. The molecule has 0 N–H and O–H groups in total. The quantitative estimate of drug-likeness (QED) is 0.158. The Balaban J connectivity index is 1.74. The molecule has 2 atom stereocenters. The molecular weight excluding hydrogens is 512 g/mol. The summed E-state index contributed by atoms with van der Waals surface area (Å²) in [6.07, 6.45) is 1.73. The van der Waals surface area contributed by atoms with Crippen LogP contribution < -0.4 is 15.1 Å². The van der Waals surface area contributed by atoms with Gasteiger partial charge in [0.1, 0.15) is 11.5 Å². The van der Waals surface area contributed by atoms with Crippen LogP contribution in [0.4, 0.5) is 0 Å². The Morgan fingerprint density at radius 2 is 1.40 bits per heavy atom. The maximum absolute atomic E-state index is 13.6. The van der Waals surface area contributed by atoms with Crippen molar-refractivity contribution in [1.29, 1.82) is 0 Å². The molecule has 0 heterocycles. The molecule has 3 rings (SSSR count). The van der Waals surface area contributed by atoms with E-state index in [-0.39, 0.29) is 16.7 Å². The van der Waals surface area contributed by atoms with E-state index in [2.05, 4.69) is 82.8 Å². The fraction of sp³-hybridized carbons (Fsp3) is 0.400. The summed E-state index contributed by atoms with van der Waals surface area (Å²) in [5.41, 5.74) is 0.294. The van der Waals surface area contributed by atoms with Crippen LogP contribution in [0.15, 0.2) is 97.6 Å². The van der Waals surface area contributed by atoms with Crippen LogP contribution in [0.5, 0.6) is 5.75 Å². The number of benzene rings is 3. The van der Waals surface area contributed by atoms with Crippen molar-refractivity contribution in [3.63, 3.8) is 0 Å². The van der Waals surface area contributed by atoms with E-state index in [1.807, 2.05) is 50.2 Å². The smallest absolute Gasteiger partial charge is 0.261 e. The number of hydrogen-bond acceptors (Lipinski definition) is 4. The van der Waals surface area contributed by atoms with Gasteiger partial charge in [-0.05, 0) is 39.0 Å². The van der Waals surface area contributed by atoms with E-state index in [9.17, 15) is 4.79 Å². The lowest BCUT2D eigenvalue weighted by Gasteiger charge is -2.43. The second-order valence-corrected chi connectivity index (χ2v) is 16.5. The molecule has 3 aromatic carbocycles. The molecule has 0 aliphatic heterocycles. The second kappa shape index (κ2) is 13.6. The molecule has 0 saturated heterocycles. The van der Waals surface area contributed by atoms with E-state index in [4.69, 9.17) is 13.9 Å². The van der Waals surface area contributed by atoms with E-state index in [0.717, 1.165) is 11.3 Å². The zero-order chi connectivity index (χ0) is 29.4. The predicted molar refractivity (Wildman–Crippen MR) is 168 cm³/mol. The number of ketones is 1. The average molecular weight is 559 g/mol. The molecule has 4 nitrogen and oxygen atoms in total. The van der Waals surface area contributed by atoms with Crippen molar-refractivity contribution < 1.29 is 18.7 Å². The number of rotatable bonds is 14. The number of carbonyl (C=O) groups excluding carboxylic acids is 1. The third kappa shape index (κ3) is 7.20. The van der Waals surface area contributed by atoms with Crippen LogP contribution in [0.1, 0.15) is 53.5 Å². The lowest BCUT2D eigenvalue weighted by molar-refractivity contribution is -0.135. The van der Waals surface area contributed by atoms with Gasteiger partial charge in [0.25, 0.3) is 8.32 Å². The topological polar surface area (TPSA) is 44.8 Å². The van der Waals surface area contributed by atoms with Gasteiger partial charge in [0.05, 0.1) is 25.2 Å². The minimum atomic E-state index is -2.66. The van der Waals surface area contributed by atoms with Crippen molar-refractivity contribution in [3.05, 3.63) is 103 Å². The molecule has 0 amide bonds. The van der Waals surface area contributed by atoms with Gasteiger partial charge in [-0.1, -0.05) is 120 Å². The first-order valence-electron chi connectivity index (χ1n) is 14.1. The standard InChI is InChI=1S/C35H46O4Si/c1-9-33(38-26-28-20-22-29(37-8)23-21-28)35(6,7)32(36)24-27(2)25-39-40(34(3,4)5,30-16-12-10-13-17-30)31-18-14-11-15-19-31/h9-23,27,33H,1,24-26H2,2-8H3/t27-,33-/m0/s1. The Labute approximate surface area is 242 Å². The van der Waals surface area contributed by atoms with Gasteiger partial charge < -0.3 is 13.9 Å². The molecule has 5 heteroatoms. The SMILES string of the molecule is C=C[C@H](OCc1ccc(OC)cc1)C(C)(C)C(=O)C[C@H](C)CO[Si](c1ccccc1)(c1ccccc1)C(C)(C)C. The molecule has 0 fully saturated rings. The van der Waals surface area contributed by atoms with Gasteiger partial charge in [-0.3, -0.25) is 4.79 Å². The summed E-state index contributed by atoms with van der Waals surface area (Å²) in [5, 5.41) is 2.37. The first kappa shape index (κ1) is 31.5. The summed E-state index contributed by atoms with van der Waals surface area (Å²) >= 11 is 0. The van der Waals surface area contributed by atoms with Crippen LogP contribution >= 0.6 is 0 Å². The van der Waals surface area contributed by atoms with Crippen molar-refractivity contribution >= 4 is 24.5 Å². The zero-order valence-corrected chi connectivity index (χ0v) is 26.3. The number of ether oxygens (including phenoxy) is 2. The molecular formula is C35H46O4Si. The van der Waals surface area contributed by atoms with Gasteiger partial charge in [0, 0.05) is 13.0 Å². The monoisotopic (exact) mass is 558 g/mol. The fourth-order valence-electron chi connectivity index (χ4n) is 5.30. The van der Waals surface area contributed by atoms with Gasteiger partial charge >= 0.3 is 0 Å². The molecule has 0 radical (unpaired) electrons. The van der Waals surface area contributed by atoms with Gasteiger partial charge in [0.2, 0.25) is 0 Å². The van der Waals surface area contributed by atoms with E-state index >= 15 is 0 Å². The Bertz CT molecular complexity index is 1170. The summed E-state index contributed by atoms with van der Waals surface area (Å²) in [5.74, 6) is 0.986. The first-order valence-corrected chi connectivity index (χ1v) is 16.0. The maximum atomic E-state index is 13.6. The highest BCUT2D eigenvalue weighted by Gasteiger charge is 2.50. The number of methoxy groups -OCH3 is 1. The lowest BCUT2D eigenvalue weighted by Crippen LogP contribution is -2.66. The van der Waals surface area contributed by atoms with Crippen LogP contribution in [0.2, 0.25) is 5.04 Å². The van der Waals surface area contributed by atoms with E-state index < -0.39 is 19.8 Å². The van der Waals surface area contributed by atoms with Crippen molar-refractivity contribution in [2.75, 3.05) is 13.7 Å². The minimum Gasteiger partial charge on any atom is -0.497 e. The van der Waals surface area contributed by atoms with Gasteiger partial charge in [-0.2, -0.15) is 0 Å². The average Bonchev–Trinajstić information content (AvgIpc) is 2.94. The second-order valence-electron chi connectivity index (χ2n) is 12.2. The third-order valence-electron chi connectivity index (χ3n) is 7.77. The summed E-state index contributed by atoms with van der Waals surface area (Å²) in [7, 11) is -1.01. The number of carbonyl (C=O) groups is 1. The molecule has 40 heavy (non-hydrogen) atoms. The van der Waals surface area contributed by atoms with Crippen molar-refractivity contribution in [1.82, 2.24) is 0 Å². The van der Waals surface area contributed by atoms with Crippen molar-refractivity contribution in [2.24, 2.45) is 11.3 Å². The molecule has 0 aliphatic carbocycles. The van der Waals surface area contributed by atoms with Crippen LogP contribution in [0.3, 0.4) is 0 Å². The molecule has 0 saturated carbocycles. The highest BCUT2D eigenvalue weighted by atomic mass is 28.4. The highest BCUT2D eigenvalue weighted by Crippen LogP contribution is 2.37. The number of hydrogen-bond donors (Lipinski definition) is 0. The Morgan fingerprint density at radius 1 is 0.875 bits per heavy atom. The lowest BCUT2D eigenvalue weighted by atomic mass is 9.78. The summed E-state index contributed by atoms with van der Waals surface area (Å²) in [6, 6.07) is 29.0. The molecule has 214 valence electrons. The highest BCUT2D eigenvalue weighted by molar-refractivity contribution is 6.99. The molecule has 0 aliphatic rings. The van der Waals surface area contributed by atoms with E-state index in [0.29, 0.717) is 19.6 Å². The van der Waals surface area contributed by atoms with Crippen LogP contribution in [-0.4, -0.2) is 33.9 Å². The summed E-state index contributed by atoms with van der Waals surface area (Å²) in [6.45, 7) is 17.7. The van der Waals surface area contributed by atoms with Gasteiger partial charge in [0.15, 0.2) is 0 Å². The Morgan fingerprint density at radius 3 is 1.85 bits per heavy atom. The zero-order valence-electron chi connectivity index (χ0n) is 25.3. The van der Waals surface area contributed by atoms with E-state index in [1.165, 1.54) is 10.4 Å². The minimum absolute atomic E-state index is 0.0421. The molecule has 0 aromatic heterocycles. The third-order valence-corrected chi connectivity index (χ3v) is 12.8. The van der Waals surface area contributed by atoms with Gasteiger partial charge in [-0.25, -0.2) is 0 Å². The predicted octanol–water partition coefficient (Wildman–Crippen LogP) is 6.96. The largest absolute Gasteiger partial charge is 0.497 e. The van der Waals surface area contributed by atoms with Crippen LogP contribution in [0.25, 0.3) is 0 Å². The van der Waals surface area contributed by atoms with Crippen molar-refractivity contribution in [2.45, 2.75) is 65.7 Å². The molecule has 0 bridgehead atoms. The summed E-state index contributed by atoms with van der Waals surface area (Å²) in [4.78, 5) is 13.6. The van der Waals surface area contributed by atoms with E-state index in [1.54, 1.807) is 13.2 Å². The maximum Gasteiger partial charge on any atom is 0.261 e. The normalized spacial score (nSPS) is 13.9. The first-order chi connectivity index (χ1) is 19.0.